The topological polar surface area (TPSA) is 78.9 Å². The molecule has 0 atom stereocenters. The van der Waals surface area contributed by atoms with Gasteiger partial charge in [-0.2, -0.15) is 0 Å². The fourth-order valence-electron chi connectivity index (χ4n) is 3.30. The van der Waals surface area contributed by atoms with E-state index in [9.17, 15) is 9.59 Å². The molecule has 2 amide bonds. The average Bonchev–Trinajstić information content (AvgIpc) is 2.68. The van der Waals surface area contributed by atoms with Crippen LogP contribution in [-0.2, 0) is 4.74 Å². The summed E-state index contributed by atoms with van der Waals surface area (Å²) in [5.74, 6) is 1.38. The first kappa shape index (κ1) is 18.4. The zero-order valence-electron chi connectivity index (χ0n) is 15.6. The van der Waals surface area contributed by atoms with Gasteiger partial charge in [-0.3, -0.25) is 4.79 Å². The van der Waals surface area contributed by atoms with E-state index in [1.807, 2.05) is 4.90 Å². The molecule has 2 saturated heterocycles. The number of carbonyl (C=O) groups excluding carboxylic acids is 2. The third-order valence-corrected chi connectivity index (χ3v) is 5.06. The summed E-state index contributed by atoms with van der Waals surface area (Å²) in [4.78, 5) is 38.7. The Labute approximate surface area is 154 Å². The third-order valence-electron chi connectivity index (χ3n) is 5.06. The minimum atomic E-state index is -0.268. The standard InChI is InChI=1S/C18H27N5O3/c1-3-26-18(25)23-10-8-21(9-11-23)16-13-19-15(12-20-16)17(24)22-6-4-14(2)5-7-22/h12-14H,3-11H2,1-2H3. The maximum absolute atomic E-state index is 12.5. The van der Waals surface area contributed by atoms with Gasteiger partial charge in [0.1, 0.15) is 11.5 Å². The number of hydrogen-bond donors (Lipinski definition) is 0. The van der Waals surface area contributed by atoms with Crippen molar-refractivity contribution in [2.24, 2.45) is 5.92 Å². The molecule has 8 nitrogen and oxygen atoms in total. The minimum absolute atomic E-state index is 0.0388. The highest BCUT2D eigenvalue weighted by molar-refractivity contribution is 5.92. The lowest BCUT2D eigenvalue weighted by molar-refractivity contribution is 0.0690. The number of carbonyl (C=O) groups is 2. The lowest BCUT2D eigenvalue weighted by Gasteiger charge is -2.34. The van der Waals surface area contributed by atoms with E-state index < -0.39 is 0 Å². The quantitative estimate of drug-likeness (QED) is 0.814. The summed E-state index contributed by atoms with van der Waals surface area (Å²) in [6.07, 6.45) is 5.03. The Morgan fingerprint density at radius 2 is 1.73 bits per heavy atom. The fourth-order valence-corrected chi connectivity index (χ4v) is 3.30. The Balaban J connectivity index is 1.55. The van der Waals surface area contributed by atoms with Crippen LogP contribution >= 0.6 is 0 Å². The predicted molar refractivity (Wildman–Crippen MR) is 97.1 cm³/mol. The van der Waals surface area contributed by atoms with Crippen LogP contribution in [0.25, 0.3) is 0 Å². The maximum Gasteiger partial charge on any atom is 0.409 e. The molecule has 0 bridgehead atoms. The molecule has 3 rings (SSSR count). The van der Waals surface area contributed by atoms with E-state index in [2.05, 4.69) is 21.8 Å². The average molecular weight is 361 g/mol. The first-order chi connectivity index (χ1) is 12.6. The summed E-state index contributed by atoms with van der Waals surface area (Å²) in [6, 6.07) is 0. The van der Waals surface area contributed by atoms with E-state index in [1.165, 1.54) is 0 Å². The van der Waals surface area contributed by atoms with Gasteiger partial charge in [0.2, 0.25) is 0 Å². The van der Waals surface area contributed by atoms with Crippen molar-refractivity contribution in [2.45, 2.75) is 26.7 Å². The second-order valence-corrected chi connectivity index (χ2v) is 6.91. The molecule has 2 aliphatic heterocycles. The van der Waals surface area contributed by atoms with Gasteiger partial charge in [-0.15, -0.1) is 0 Å². The lowest BCUT2D eigenvalue weighted by Crippen LogP contribution is -2.49. The van der Waals surface area contributed by atoms with E-state index in [4.69, 9.17) is 4.74 Å². The van der Waals surface area contributed by atoms with Crippen molar-refractivity contribution < 1.29 is 14.3 Å². The van der Waals surface area contributed by atoms with Gasteiger partial charge in [-0.1, -0.05) is 6.92 Å². The second-order valence-electron chi connectivity index (χ2n) is 6.91. The zero-order valence-corrected chi connectivity index (χ0v) is 15.6. The van der Waals surface area contributed by atoms with Crippen LogP contribution in [0.3, 0.4) is 0 Å². The molecule has 2 fully saturated rings. The molecule has 8 heteroatoms. The first-order valence-electron chi connectivity index (χ1n) is 9.36. The largest absolute Gasteiger partial charge is 0.450 e. The summed E-state index contributed by atoms with van der Waals surface area (Å²) in [5.41, 5.74) is 0.397. The van der Waals surface area contributed by atoms with E-state index in [-0.39, 0.29) is 12.0 Å². The van der Waals surface area contributed by atoms with E-state index in [0.29, 0.717) is 44.4 Å². The van der Waals surface area contributed by atoms with Gasteiger partial charge in [0, 0.05) is 39.3 Å². The van der Waals surface area contributed by atoms with Crippen molar-refractivity contribution in [3.05, 3.63) is 18.1 Å². The van der Waals surface area contributed by atoms with Gasteiger partial charge < -0.3 is 19.4 Å². The van der Waals surface area contributed by atoms with Crippen molar-refractivity contribution in [3.63, 3.8) is 0 Å². The number of amides is 2. The molecule has 0 spiro atoms. The first-order valence-corrected chi connectivity index (χ1v) is 9.36. The van der Waals surface area contributed by atoms with Crippen LogP contribution in [-0.4, -0.2) is 77.6 Å². The van der Waals surface area contributed by atoms with Crippen molar-refractivity contribution >= 4 is 17.8 Å². The normalized spacial score (nSPS) is 18.8. The van der Waals surface area contributed by atoms with Gasteiger partial charge in [0.15, 0.2) is 0 Å². The molecule has 0 N–H and O–H groups in total. The van der Waals surface area contributed by atoms with Crippen LogP contribution in [0.1, 0.15) is 37.2 Å². The molecule has 0 aromatic carbocycles. The molecule has 2 aliphatic rings. The molecule has 142 valence electrons. The van der Waals surface area contributed by atoms with Gasteiger partial charge in [0.25, 0.3) is 5.91 Å². The van der Waals surface area contributed by atoms with Gasteiger partial charge >= 0.3 is 6.09 Å². The molecule has 0 saturated carbocycles. The Hall–Kier alpha value is -2.38. The number of rotatable bonds is 3. The zero-order chi connectivity index (χ0) is 18.5. The number of anilines is 1. The van der Waals surface area contributed by atoms with Gasteiger partial charge in [-0.05, 0) is 25.7 Å². The predicted octanol–water partition coefficient (Wildman–Crippen LogP) is 1.63. The Morgan fingerprint density at radius 1 is 1.04 bits per heavy atom. The van der Waals surface area contributed by atoms with Crippen molar-refractivity contribution in [3.8, 4) is 0 Å². The van der Waals surface area contributed by atoms with E-state index in [1.54, 1.807) is 24.2 Å². The highest BCUT2D eigenvalue weighted by Crippen LogP contribution is 2.18. The highest BCUT2D eigenvalue weighted by atomic mass is 16.6. The number of likely N-dealkylation sites (tertiary alicyclic amines) is 1. The third kappa shape index (κ3) is 4.23. The summed E-state index contributed by atoms with van der Waals surface area (Å²) in [7, 11) is 0. The van der Waals surface area contributed by atoms with E-state index in [0.717, 1.165) is 31.7 Å². The molecule has 0 radical (unpaired) electrons. The molecule has 0 aliphatic carbocycles. The molecule has 26 heavy (non-hydrogen) atoms. The van der Waals surface area contributed by atoms with Crippen LogP contribution in [0.2, 0.25) is 0 Å². The number of hydrogen-bond acceptors (Lipinski definition) is 6. The number of aromatic nitrogens is 2. The number of piperazine rings is 1. The SMILES string of the molecule is CCOC(=O)N1CCN(c2cnc(C(=O)N3CCC(C)CC3)cn2)CC1. The molecule has 0 unspecified atom stereocenters. The van der Waals surface area contributed by atoms with Crippen molar-refractivity contribution in [1.29, 1.82) is 0 Å². The second kappa shape index (κ2) is 8.33. The molecular weight excluding hydrogens is 334 g/mol. The number of nitrogens with zero attached hydrogens (tertiary/aromatic N) is 5. The van der Waals surface area contributed by atoms with Crippen molar-refractivity contribution in [1.82, 2.24) is 19.8 Å². The summed E-state index contributed by atoms with van der Waals surface area (Å²) in [5, 5.41) is 0. The summed E-state index contributed by atoms with van der Waals surface area (Å²) < 4.78 is 5.03. The molecule has 3 heterocycles. The molecular formula is C18H27N5O3. The molecule has 1 aromatic heterocycles. The Bertz CT molecular complexity index is 620. The van der Waals surface area contributed by atoms with E-state index >= 15 is 0 Å². The lowest BCUT2D eigenvalue weighted by atomic mass is 9.99. The highest BCUT2D eigenvalue weighted by Gasteiger charge is 2.25. The monoisotopic (exact) mass is 361 g/mol. The maximum atomic E-state index is 12.5. The van der Waals surface area contributed by atoms with Crippen LogP contribution < -0.4 is 4.90 Å². The summed E-state index contributed by atoms with van der Waals surface area (Å²) in [6.45, 7) is 8.51. The van der Waals surface area contributed by atoms with Crippen LogP contribution in [0.5, 0.6) is 0 Å². The number of piperidine rings is 1. The smallest absolute Gasteiger partial charge is 0.409 e. The molecule has 1 aromatic rings. The minimum Gasteiger partial charge on any atom is -0.450 e. The van der Waals surface area contributed by atoms with Gasteiger partial charge in [-0.25, -0.2) is 14.8 Å². The summed E-state index contributed by atoms with van der Waals surface area (Å²) >= 11 is 0. The fraction of sp³-hybridized carbons (Fsp3) is 0.667. The van der Waals surface area contributed by atoms with Crippen LogP contribution in [0.4, 0.5) is 10.6 Å². The Morgan fingerprint density at radius 3 is 2.31 bits per heavy atom. The van der Waals surface area contributed by atoms with Crippen molar-refractivity contribution in [2.75, 3.05) is 50.8 Å². The van der Waals surface area contributed by atoms with Gasteiger partial charge in [0.05, 0.1) is 19.0 Å². The van der Waals surface area contributed by atoms with Crippen LogP contribution in [0, 0.1) is 5.92 Å². The van der Waals surface area contributed by atoms with Crippen LogP contribution in [0.15, 0.2) is 12.4 Å². The Kier molecular flexibility index (Phi) is 5.90. The number of ether oxygens (including phenoxy) is 1.